The molecule has 0 aromatic rings. The molecular formula is C10H18O2. The molecule has 1 aliphatic carbocycles. The third-order valence-corrected chi connectivity index (χ3v) is 2.35. The van der Waals surface area contributed by atoms with Gasteiger partial charge in [-0.2, -0.15) is 0 Å². The van der Waals surface area contributed by atoms with Crippen molar-refractivity contribution in [3.8, 4) is 0 Å². The lowest BCUT2D eigenvalue weighted by Gasteiger charge is -2.37. The molecule has 0 atom stereocenters. The van der Waals surface area contributed by atoms with Crippen LogP contribution in [0.1, 0.15) is 47.0 Å². The van der Waals surface area contributed by atoms with Crippen LogP contribution in [0.4, 0.5) is 0 Å². The molecule has 0 radical (unpaired) electrons. The van der Waals surface area contributed by atoms with Gasteiger partial charge in [0.15, 0.2) is 0 Å². The topological polar surface area (TPSA) is 26.3 Å². The molecule has 2 heteroatoms. The first-order chi connectivity index (χ1) is 5.33. The Hall–Kier alpha value is -0.530. The van der Waals surface area contributed by atoms with Gasteiger partial charge in [-0.25, -0.2) is 0 Å². The minimum atomic E-state index is -0.338. The Bertz CT molecular complexity index is 185. The quantitative estimate of drug-likeness (QED) is 0.565. The van der Waals surface area contributed by atoms with Crippen molar-refractivity contribution < 1.29 is 9.53 Å². The van der Waals surface area contributed by atoms with Crippen LogP contribution >= 0.6 is 0 Å². The van der Waals surface area contributed by atoms with Crippen LogP contribution in [0, 0.1) is 5.41 Å². The van der Waals surface area contributed by atoms with Crippen LogP contribution in [0.15, 0.2) is 0 Å². The smallest absolute Gasteiger partial charge is 0.312 e. The number of carbonyl (C=O) groups is 1. The van der Waals surface area contributed by atoms with Gasteiger partial charge in [0.1, 0.15) is 5.60 Å². The molecule has 2 nitrogen and oxygen atoms in total. The zero-order chi connectivity index (χ0) is 9.41. The Kier molecular flexibility index (Phi) is 2.19. The Labute approximate surface area is 74.3 Å². The molecule has 0 heterocycles. The minimum Gasteiger partial charge on any atom is -0.460 e. The molecule has 1 fully saturated rings. The molecule has 0 N–H and O–H groups in total. The van der Waals surface area contributed by atoms with Crippen LogP contribution in [0.3, 0.4) is 0 Å². The number of carbonyl (C=O) groups excluding carboxylic acids is 1. The summed E-state index contributed by atoms with van der Waals surface area (Å²) in [6, 6.07) is 0. The summed E-state index contributed by atoms with van der Waals surface area (Å²) in [5.41, 5.74) is -0.511. The van der Waals surface area contributed by atoms with E-state index in [0.717, 1.165) is 19.3 Å². The van der Waals surface area contributed by atoms with Gasteiger partial charge in [0.2, 0.25) is 0 Å². The first kappa shape index (κ1) is 9.56. The van der Waals surface area contributed by atoms with E-state index in [1.165, 1.54) is 0 Å². The first-order valence-corrected chi connectivity index (χ1v) is 4.57. The molecule has 0 unspecified atom stereocenters. The largest absolute Gasteiger partial charge is 0.460 e. The van der Waals surface area contributed by atoms with Crippen LogP contribution in [-0.2, 0) is 9.53 Å². The summed E-state index contributed by atoms with van der Waals surface area (Å²) >= 11 is 0. The van der Waals surface area contributed by atoms with Gasteiger partial charge in [-0.15, -0.1) is 0 Å². The van der Waals surface area contributed by atoms with E-state index in [1.807, 2.05) is 27.7 Å². The molecule has 1 rings (SSSR count). The van der Waals surface area contributed by atoms with Gasteiger partial charge >= 0.3 is 5.97 Å². The standard InChI is InChI=1S/C10H18O2/c1-9(2,3)12-8(11)10(4)6-5-7-10/h5-7H2,1-4H3. The van der Waals surface area contributed by atoms with Gasteiger partial charge in [-0.1, -0.05) is 6.42 Å². The average Bonchev–Trinajstić information content (AvgIpc) is 1.78. The number of esters is 1. The van der Waals surface area contributed by atoms with Crippen molar-refractivity contribution >= 4 is 5.97 Å². The maximum absolute atomic E-state index is 11.5. The number of hydrogen-bond donors (Lipinski definition) is 0. The summed E-state index contributed by atoms with van der Waals surface area (Å²) < 4.78 is 5.31. The number of ether oxygens (including phenoxy) is 1. The summed E-state index contributed by atoms with van der Waals surface area (Å²) in [6.45, 7) is 7.72. The highest BCUT2D eigenvalue weighted by molar-refractivity contribution is 5.77. The molecule has 0 aromatic heterocycles. The van der Waals surface area contributed by atoms with E-state index in [9.17, 15) is 4.79 Å². The molecule has 12 heavy (non-hydrogen) atoms. The average molecular weight is 170 g/mol. The molecular weight excluding hydrogens is 152 g/mol. The molecule has 0 saturated heterocycles. The van der Waals surface area contributed by atoms with E-state index in [1.54, 1.807) is 0 Å². The maximum atomic E-state index is 11.5. The second kappa shape index (κ2) is 2.75. The fourth-order valence-corrected chi connectivity index (χ4v) is 1.31. The van der Waals surface area contributed by atoms with Crippen molar-refractivity contribution in [2.24, 2.45) is 5.41 Å². The first-order valence-electron chi connectivity index (χ1n) is 4.57. The molecule has 1 saturated carbocycles. The maximum Gasteiger partial charge on any atom is 0.312 e. The molecule has 0 spiro atoms. The monoisotopic (exact) mass is 170 g/mol. The van der Waals surface area contributed by atoms with Crippen LogP contribution in [0.5, 0.6) is 0 Å². The second-order valence-corrected chi connectivity index (χ2v) is 4.92. The van der Waals surface area contributed by atoms with Gasteiger partial charge < -0.3 is 4.74 Å². The van der Waals surface area contributed by atoms with E-state index in [4.69, 9.17) is 4.74 Å². The van der Waals surface area contributed by atoms with Crippen LogP contribution < -0.4 is 0 Å². The van der Waals surface area contributed by atoms with Crippen molar-refractivity contribution in [3.05, 3.63) is 0 Å². The summed E-state index contributed by atoms with van der Waals surface area (Å²) in [5, 5.41) is 0. The van der Waals surface area contributed by atoms with Crippen molar-refractivity contribution in [2.45, 2.75) is 52.6 Å². The van der Waals surface area contributed by atoms with Crippen molar-refractivity contribution in [1.82, 2.24) is 0 Å². The van der Waals surface area contributed by atoms with E-state index in [-0.39, 0.29) is 17.0 Å². The van der Waals surface area contributed by atoms with E-state index in [2.05, 4.69) is 0 Å². The lowest BCUT2D eigenvalue weighted by molar-refractivity contribution is -0.171. The Morgan fingerprint density at radius 2 is 1.83 bits per heavy atom. The van der Waals surface area contributed by atoms with Gasteiger partial charge in [0.25, 0.3) is 0 Å². The Balaban J connectivity index is 2.49. The lowest BCUT2D eigenvalue weighted by atomic mass is 9.70. The summed E-state index contributed by atoms with van der Waals surface area (Å²) in [6.07, 6.45) is 3.14. The molecule has 0 amide bonds. The van der Waals surface area contributed by atoms with E-state index in [0.29, 0.717) is 0 Å². The van der Waals surface area contributed by atoms with Crippen LogP contribution in [0.2, 0.25) is 0 Å². The van der Waals surface area contributed by atoms with Gasteiger partial charge in [0.05, 0.1) is 5.41 Å². The zero-order valence-electron chi connectivity index (χ0n) is 8.44. The SMILES string of the molecule is CC(C)(C)OC(=O)C1(C)CCC1. The third-order valence-electron chi connectivity index (χ3n) is 2.35. The predicted molar refractivity (Wildman–Crippen MR) is 47.8 cm³/mol. The van der Waals surface area contributed by atoms with Crippen LogP contribution in [0.25, 0.3) is 0 Å². The molecule has 1 aliphatic rings. The lowest BCUT2D eigenvalue weighted by Crippen LogP contribution is -2.40. The highest BCUT2D eigenvalue weighted by Crippen LogP contribution is 2.42. The predicted octanol–water partition coefficient (Wildman–Crippen LogP) is 2.52. The van der Waals surface area contributed by atoms with E-state index >= 15 is 0 Å². The minimum absolute atomic E-state index is 0.0266. The van der Waals surface area contributed by atoms with Gasteiger partial charge in [-0.3, -0.25) is 4.79 Å². The zero-order valence-corrected chi connectivity index (χ0v) is 8.44. The van der Waals surface area contributed by atoms with Gasteiger partial charge in [0, 0.05) is 0 Å². The third kappa shape index (κ3) is 1.99. The van der Waals surface area contributed by atoms with Gasteiger partial charge in [-0.05, 0) is 40.5 Å². The highest BCUT2D eigenvalue weighted by atomic mass is 16.6. The molecule has 0 aromatic carbocycles. The van der Waals surface area contributed by atoms with Crippen molar-refractivity contribution in [1.29, 1.82) is 0 Å². The normalized spacial score (nSPS) is 21.3. The number of hydrogen-bond acceptors (Lipinski definition) is 2. The fourth-order valence-electron chi connectivity index (χ4n) is 1.31. The summed E-state index contributed by atoms with van der Waals surface area (Å²) in [7, 11) is 0. The second-order valence-electron chi connectivity index (χ2n) is 4.92. The van der Waals surface area contributed by atoms with E-state index < -0.39 is 0 Å². The van der Waals surface area contributed by atoms with Crippen molar-refractivity contribution in [3.63, 3.8) is 0 Å². The Morgan fingerprint density at radius 3 is 2.08 bits per heavy atom. The molecule has 0 aliphatic heterocycles. The molecule has 70 valence electrons. The van der Waals surface area contributed by atoms with Crippen LogP contribution in [-0.4, -0.2) is 11.6 Å². The Morgan fingerprint density at radius 1 is 1.33 bits per heavy atom. The number of rotatable bonds is 1. The summed E-state index contributed by atoms with van der Waals surface area (Å²) in [5.74, 6) is -0.0266. The van der Waals surface area contributed by atoms with Crippen molar-refractivity contribution in [2.75, 3.05) is 0 Å². The molecule has 0 bridgehead atoms. The fraction of sp³-hybridized carbons (Fsp3) is 0.900. The summed E-state index contributed by atoms with van der Waals surface area (Å²) in [4.78, 5) is 11.5. The highest BCUT2D eigenvalue weighted by Gasteiger charge is 2.42.